The Kier molecular flexibility index (Phi) is 7.50. The molecule has 1 aromatic rings. The number of aromatic nitrogens is 3. The van der Waals surface area contributed by atoms with Gasteiger partial charge in [-0.1, -0.05) is 12.8 Å². The van der Waals surface area contributed by atoms with Gasteiger partial charge in [-0.2, -0.15) is 5.10 Å². The Hall–Kier alpha value is -0.850. The minimum absolute atomic E-state index is 0. The molecule has 1 unspecified atom stereocenters. The Bertz CT molecular complexity index is 557. The van der Waals surface area contributed by atoms with Gasteiger partial charge in [-0.05, 0) is 45.4 Å². The van der Waals surface area contributed by atoms with E-state index in [-0.39, 0.29) is 30.7 Å². The minimum atomic E-state index is -0.596. The first-order valence-electron chi connectivity index (χ1n) is 8.44. The van der Waals surface area contributed by atoms with Crippen LogP contribution in [0.2, 0.25) is 0 Å². The lowest BCUT2D eigenvalue weighted by molar-refractivity contribution is -0.138. The molecule has 0 spiro atoms. The second-order valence-corrected chi connectivity index (χ2v) is 7.01. The van der Waals surface area contributed by atoms with Gasteiger partial charge in [0.15, 0.2) is 0 Å². The first-order valence-corrected chi connectivity index (χ1v) is 8.44. The third-order valence-electron chi connectivity index (χ3n) is 5.12. The number of carbonyl (C=O) groups excluding carboxylic acids is 1. The number of amides is 1. The van der Waals surface area contributed by atoms with E-state index in [0.717, 1.165) is 69.8 Å². The molecule has 2 fully saturated rings. The summed E-state index contributed by atoms with van der Waals surface area (Å²) in [5, 5.41) is 4.44. The van der Waals surface area contributed by atoms with E-state index < -0.39 is 5.54 Å². The lowest BCUT2D eigenvalue weighted by Gasteiger charge is -2.37. The number of hydrogen-bond acceptors (Lipinski definition) is 4. The van der Waals surface area contributed by atoms with Crippen LogP contribution in [0.4, 0.5) is 0 Å². The van der Waals surface area contributed by atoms with Crippen molar-refractivity contribution in [2.75, 3.05) is 13.1 Å². The fraction of sp³-hybridized carbons (Fsp3) is 0.812. The Morgan fingerprint density at radius 1 is 1.25 bits per heavy atom. The zero-order valence-electron chi connectivity index (χ0n) is 14.5. The average Bonchev–Trinajstić information content (AvgIpc) is 3.06. The highest BCUT2D eigenvalue weighted by molar-refractivity contribution is 5.86. The smallest absolute Gasteiger partial charge is 0.242 e. The van der Waals surface area contributed by atoms with Crippen LogP contribution in [-0.4, -0.2) is 44.2 Å². The van der Waals surface area contributed by atoms with Crippen LogP contribution in [0.1, 0.15) is 50.2 Å². The minimum Gasteiger partial charge on any atom is -0.341 e. The quantitative estimate of drug-likeness (QED) is 0.875. The van der Waals surface area contributed by atoms with E-state index in [4.69, 9.17) is 5.73 Å². The van der Waals surface area contributed by atoms with Crippen molar-refractivity contribution in [1.82, 2.24) is 19.7 Å². The molecule has 138 valence electrons. The van der Waals surface area contributed by atoms with Gasteiger partial charge in [0.25, 0.3) is 0 Å². The van der Waals surface area contributed by atoms with Gasteiger partial charge >= 0.3 is 0 Å². The predicted molar refractivity (Wildman–Crippen MR) is 98.7 cm³/mol. The van der Waals surface area contributed by atoms with Gasteiger partial charge < -0.3 is 10.6 Å². The van der Waals surface area contributed by atoms with E-state index in [1.165, 1.54) is 0 Å². The van der Waals surface area contributed by atoms with Crippen LogP contribution in [0.3, 0.4) is 0 Å². The van der Waals surface area contributed by atoms with Gasteiger partial charge in [-0.25, -0.2) is 9.67 Å². The lowest BCUT2D eigenvalue weighted by Crippen LogP contribution is -2.56. The van der Waals surface area contributed by atoms with Crippen LogP contribution in [0.15, 0.2) is 0 Å². The first-order chi connectivity index (χ1) is 10.5. The molecular formula is C16H29Cl2N5O. The normalized spacial score (nSPS) is 22.6. The molecule has 6 nitrogen and oxygen atoms in total. The molecule has 1 saturated carbocycles. The van der Waals surface area contributed by atoms with Gasteiger partial charge in [0.1, 0.15) is 11.6 Å². The van der Waals surface area contributed by atoms with Crippen LogP contribution < -0.4 is 5.73 Å². The number of aryl methyl sites for hydroxylation is 2. The molecule has 3 rings (SSSR count). The highest BCUT2D eigenvalue weighted by atomic mass is 35.5. The molecule has 2 N–H and O–H groups in total. The van der Waals surface area contributed by atoms with E-state index >= 15 is 0 Å². The third kappa shape index (κ3) is 4.41. The van der Waals surface area contributed by atoms with Crippen molar-refractivity contribution >= 4 is 30.7 Å². The molecule has 2 heterocycles. The first kappa shape index (κ1) is 21.2. The standard InChI is InChI=1S/C16H27N5O.2ClH/c1-12-18-13(2)21(19-12)11-14-6-5-9-20(10-14)15(22)16(17)7-3-4-8-16;;/h14H,3-11,17H2,1-2H3;2*1H. The van der Waals surface area contributed by atoms with Gasteiger partial charge in [-0.3, -0.25) is 4.79 Å². The van der Waals surface area contributed by atoms with Gasteiger partial charge in [0.2, 0.25) is 5.91 Å². The number of nitrogens with zero attached hydrogens (tertiary/aromatic N) is 4. The monoisotopic (exact) mass is 377 g/mol. The Morgan fingerprint density at radius 2 is 1.92 bits per heavy atom. The fourth-order valence-corrected chi connectivity index (χ4v) is 3.91. The molecule has 1 saturated heterocycles. The van der Waals surface area contributed by atoms with Gasteiger partial charge in [0, 0.05) is 19.6 Å². The van der Waals surface area contributed by atoms with Gasteiger partial charge in [0.05, 0.1) is 5.54 Å². The maximum absolute atomic E-state index is 12.8. The third-order valence-corrected chi connectivity index (χ3v) is 5.12. The second-order valence-electron chi connectivity index (χ2n) is 7.01. The van der Waals surface area contributed by atoms with Crippen molar-refractivity contribution in [3.63, 3.8) is 0 Å². The van der Waals surface area contributed by atoms with Crippen molar-refractivity contribution < 1.29 is 4.79 Å². The van der Waals surface area contributed by atoms with Crippen molar-refractivity contribution in [1.29, 1.82) is 0 Å². The van der Waals surface area contributed by atoms with Crippen molar-refractivity contribution in [2.45, 2.75) is 64.5 Å². The van der Waals surface area contributed by atoms with E-state index in [0.29, 0.717) is 5.92 Å². The van der Waals surface area contributed by atoms with Crippen LogP contribution in [0.25, 0.3) is 0 Å². The zero-order valence-corrected chi connectivity index (χ0v) is 16.2. The highest BCUT2D eigenvalue weighted by Gasteiger charge is 2.41. The van der Waals surface area contributed by atoms with Crippen molar-refractivity contribution in [3.8, 4) is 0 Å². The number of rotatable bonds is 3. The number of hydrogen-bond donors (Lipinski definition) is 1. The summed E-state index contributed by atoms with van der Waals surface area (Å²) in [6.07, 6.45) is 6.04. The Labute approximate surface area is 156 Å². The molecule has 2 aliphatic rings. The number of halogens is 2. The summed E-state index contributed by atoms with van der Waals surface area (Å²) >= 11 is 0. The van der Waals surface area contributed by atoms with E-state index in [2.05, 4.69) is 10.1 Å². The number of carbonyl (C=O) groups is 1. The predicted octanol–water partition coefficient (Wildman–Crippen LogP) is 2.25. The Balaban J connectivity index is 0.00000144. The van der Waals surface area contributed by atoms with E-state index in [1.54, 1.807) is 0 Å². The maximum atomic E-state index is 12.8. The number of nitrogens with two attached hydrogens (primary N) is 1. The summed E-state index contributed by atoms with van der Waals surface area (Å²) in [6.45, 7) is 6.39. The summed E-state index contributed by atoms with van der Waals surface area (Å²) < 4.78 is 1.97. The molecule has 1 amide bonds. The maximum Gasteiger partial charge on any atom is 0.242 e. The van der Waals surface area contributed by atoms with Crippen LogP contribution in [-0.2, 0) is 11.3 Å². The second kappa shape index (κ2) is 8.50. The summed E-state index contributed by atoms with van der Waals surface area (Å²) in [7, 11) is 0. The molecule has 0 aromatic carbocycles. The highest BCUT2D eigenvalue weighted by Crippen LogP contribution is 2.30. The van der Waals surface area contributed by atoms with E-state index in [9.17, 15) is 4.79 Å². The molecule has 24 heavy (non-hydrogen) atoms. The largest absolute Gasteiger partial charge is 0.341 e. The molecule has 0 radical (unpaired) electrons. The SMILES string of the molecule is Cc1nc(C)n(CC2CCCN(C(=O)C3(N)CCCC3)C2)n1.Cl.Cl. The van der Waals surface area contributed by atoms with Crippen molar-refractivity contribution in [2.24, 2.45) is 11.7 Å². The topological polar surface area (TPSA) is 77.0 Å². The fourth-order valence-electron chi connectivity index (χ4n) is 3.91. The average molecular weight is 378 g/mol. The molecule has 1 aromatic heterocycles. The van der Waals surface area contributed by atoms with E-state index in [1.807, 2.05) is 23.4 Å². The summed E-state index contributed by atoms with van der Waals surface area (Å²) in [5.41, 5.74) is 5.74. The molecular weight excluding hydrogens is 349 g/mol. The zero-order chi connectivity index (χ0) is 15.7. The summed E-state index contributed by atoms with van der Waals surface area (Å²) in [6, 6.07) is 0. The molecule has 1 aliphatic heterocycles. The number of piperidine rings is 1. The summed E-state index contributed by atoms with van der Waals surface area (Å²) in [5.74, 6) is 2.38. The van der Waals surface area contributed by atoms with Crippen LogP contribution in [0.5, 0.6) is 0 Å². The number of likely N-dealkylation sites (tertiary alicyclic amines) is 1. The Morgan fingerprint density at radius 3 is 2.50 bits per heavy atom. The molecule has 0 bridgehead atoms. The molecule has 1 atom stereocenters. The van der Waals surface area contributed by atoms with Crippen LogP contribution >= 0.6 is 24.8 Å². The lowest BCUT2D eigenvalue weighted by atomic mass is 9.92. The molecule has 8 heteroatoms. The van der Waals surface area contributed by atoms with Gasteiger partial charge in [-0.15, -0.1) is 24.8 Å². The molecule has 1 aliphatic carbocycles. The van der Waals surface area contributed by atoms with Crippen molar-refractivity contribution in [3.05, 3.63) is 11.6 Å². The summed E-state index contributed by atoms with van der Waals surface area (Å²) in [4.78, 5) is 19.1. The van der Waals surface area contributed by atoms with Crippen LogP contribution in [0, 0.1) is 19.8 Å².